The van der Waals surface area contributed by atoms with Crippen LogP contribution in [0.1, 0.15) is 22.1 Å². The average Bonchev–Trinajstić information content (AvgIpc) is 2.68. The minimum Gasteiger partial charge on any atom is -0.493 e. The molecule has 2 N–H and O–H groups in total. The number of nitro benzene ring substituents is 1. The van der Waals surface area contributed by atoms with Crippen LogP contribution in [-0.2, 0) is 10.0 Å². The number of nitrogens with zero attached hydrogens (tertiary/aromatic N) is 2. The highest BCUT2D eigenvalue weighted by atomic mass is 32.2. The maximum absolute atomic E-state index is 13.0. The summed E-state index contributed by atoms with van der Waals surface area (Å²) in [6.45, 7) is 0. The summed E-state index contributed by atoms with van der Waals surface area (Å²) in [6, 6.07) is 8.91. The molecule has 0 spiro atoms. The Balaban J connectivity index is 2.23. The molecule has 0 fully saturated rings. The second-order valence-electron chi connectivity index (χ2n) is 6.15. The summed E-state index contributed by atoms with van der Waals surface area (Å²) < 4.78 is 34.1. The van der Waals surface area contributed by atoms with Crippen molar-refractivity contribution in [3.8, 4) is 11.5 Å². The number of carbonyl (C=O) groups excluding carboxylic acids is 1. The van der Waals surface area contributed by atoms with Crippen molar-refractivity contribution in [2.24, 2.45) is 0 Å². The quantitative estimate of drug-likeness (QED) is 0.529. The van der Waals surface area contributed by atoms with Gasteiger partial charge in [0.1, 0.15) is 0 Å². The number of rotatable bonds is 6. The molecule has 1 aliphatic heterocycles. The van der Waals surface area contributed by atoms with E-state index in [4.69, 9.17) is 9.47 Å². The predicted octanol–water partition coefficient (Wildman–Crippen LogP) is 1.64. The molecule has 12 heteroatoms. The van der Waals surface area contributed by atoms with Gasteiger partial charge in [0, 0.05) is 5.69 Å². The largest absolute Gasteiger partial charge is 0.493 e. The van der Waals surface area contributed by atoms with Crippen molar-refractivity contribution in [3.63, 3.8) is 0 Å². The molecule has 0 saturated carbocycles. The summed E-state index contributed by atoms with van der Waals surface area (Å²) in [7, 11) is -1.19. The van der Waals surface area contributed by atoms with Gasteiger partial charge < -0.3 is 14.8 Å². The van der Waals surface area contributed by atoms with E-state index in [-0.39, 0.29) is 28.3 Å². The minimum atomic E-state index is -3.87. The molecular weight excluding hydrogens is 404 g/mol. The van der Waals surface area contributed by atoms with Crippen LogP contribution >= 0.6 is 0 Å². The molecule has 1 aliphatic rings. The number of hydrazine groups is 1. The van der Waals surface area contributed by atoms with Gasteiger partial charge in [-0.3, -0.25) is 14.9 Å². The van der Waals surface area contributed by atoms with E-state index in [0.29, 0.717) is 5.69 Å². The first-order chi connectivity index (χ1) is 13.7. The van der Waals surface area contributed by atoms with Crippen molar-refractivity contribution in [2.45, 2.75) is 6.17 Å². The summed E-state index contributed by atoms with van der Waals surface area (Å²) in [5, 5.41) is 15.5. The van der Waals surface area contributed by atoms with Crippen molar-refractivity contribution in [2.75, 3.05) is 25.8 Å². The molecule has 0 aliphatic carbocycles. The number of hydrogen-bond donors (Lipinski definition) is 2. The van der Waals surface area contributed by atoms with E-state index < -0.39 is 27.0 Å². The van der Waals surface area contributed by atoms with Crippen LogP contribution in [0.15, 0.2) is 36.4 Å². The van der Waals surface area contributed by atoms with Gasteiger partial charge in [-0.05, 0) is 18.2 Å². The Hall–Kier alpha value is -3.38. The van der Waals surface area contributed by atoms with Gasteiger partial charge in [0.2, 0.25) is 10.0 Å². The van der Waals surface area contributed by atoms with Crippen LogP contribution in [0.5, 0.6) is 11.5 Å². The van der Waals surface area contributed by atoms with Crippen LogP contribution in [0, 0.1) is 10.1 Å². The van der Waals surface area contributed by atoms with E-state index in [9.17, 15) is 23.3 Å². The third-order valence-corrected chi connectivity index (χ3v) is 4.74. The number of methoxy groups -OCH3 is 2. The number of fused-ring (bicyclic) bond motifs is 1. The summed E-state index contributed by atoms with van der Waals surface area (Å²) in [5.74, 6) is -0.368. The van der Waals surface area contributed by atoms with Crippen molar-refractivity contribution in [1.82, 2.24) is 9.84 Å². The van der Waals surface area contributed by atoms with Gasteiger partial charge in [-0.25, -0.2) is 13.4 Å². The molecule has 2 aromatic carbocycles. The Morgan fingerprint density at radius 2 is 1.79 bits per heavy atom. The molecule has 0 unspecified atom stereocenters. The van der Waals surface area contributed by atoms with E-state index in [1.807, 2.05) is 0 Å². The lowest BCUT2D eigenvalue weighted by molar-refractivity contribution is -0.386. The Bertz CT molecular complexity index is 1090. The topological polar surface area (TPSA) is 140 Å². The fourth-order valence-corrected chi connectivity index (χ4v) is 3.55. The van der Waals surface area contributed by atoms with Gasteiger partial charge in [0.05, 0.1) is 42.6 Å². The molecule has 2 aromatic rings. The van der Waals surface area contributed by atoms with Gasteiger partial charge in [-0.15, -0.1) is 4.83 Å². The first kappa shape index (κ1) is 20.4. The monoisotopic (exact) mass is 422 g/mol. The number of carbonyl (C=O) groups is 1. The normalized spacial score (nSPS) is 16.0. The fourth-order valence-electron chi connectivity index (χ4n) is 3.01. The van der Waals surface area contributed by atoms with E-state index >= 15 is 0 Å². The lowest BCUT2D eigenvalue weighted by atomic mass is 10.0. The number of hydrogen-bond acceptors (Lipinski definition) is 8. The van der Waals surface area contributed by atoms with Crippen LogP contribution in [0.25, 0.3) is 0 Å². The number of ether oxygens (including phenoxy) is 2. The zero-order valence-corrected chi connectivity index (χ0v) is 16.5. The van der Waals surface area contributed by atoms with Gasteiger partial charge >= 0.3 is 0 Å². The molecule has 29 heavy (non-hydrogen) atoms. The smallest absolute Gasteiger partial charge is 0.280 e. The van der Waals surface area contributed by atoms with Crippen LogP contribution < -0.4 is 19.6 Å². The Kier molecular flexibility index (Phi) is 5.31. The molecule has 11 nitrogen and oxygen atoms in total. The molecule has 154 valence electrons. The van der Waals surface area contributed by atoms with Crippen molar-refractivity contribution in [1.29, 1.82) is 0 Å². The van der Waals surface area contributed by atoms with Crippen molar-refractivity contribution in [3.05, 3.63) is 57.6 Å². The van der Waals surface area contributed by atoms with Crippen LogP contribution in [0.3, 0.4) is 0 Å². The minimum absolute atomic E-state index is 0.00616. The molecular formula is C17H18N4O7S. The van der Waals surface area contributed by atoms with Crippen LogP contribution in [0.4, 0.5) is 11.4 Å². The number of sulfonamides is 1. The highest BCUT2D eigenvalue weighted by molar-refractivity contribution is 7.88. The Morgan fingerprint density at radius 1 is 1.17 bits per heavy atom. The summed E-state index contributed by atoms with van der Waals surface area (Å²) in [5.41, 5.74) is 0.237. The number of benzene rings is 2. The second kappa shape index (κ2) is 7.56. The molecule has 1 atom stereocenters. The summed E-state index contributed by atoms with van der Waals surface area (Å²) >= 11 is 0. The van der Waals surface area contributed by atoms with Gasteiger partial charge in [0.15, 0.2) is 17.7 Å². The molecule has 0 saturated heterocycles. The van der Waals surface area contributed by atoms with Crippen LogP contribution in [0.2, 0.25) is 0 Å². The van der Waals surface area contributed by atoms with Crippen LogP contribution in [-0.4, -0.2) is 44.7 Å². The molecule has 0 radical (unpaired) electrons. The van der Waals surface area contributed by atoms with E-state index in [2.05, 4.69) is 10.1 Å². The molecule has 1 heterocycles. The number of nitro groups is 1. The van der Waals surface area contributed by atoms with Crippen molar-refractivity contribution >= 4 is 27.3 Å². The molecule has 1 amide bonds. The first-order valence-electron chi connectivity index (χ1n) is 8.23. The number of para-hydroxylation sites is 1. The maximum Gasteiger partial charge on any atom is 0.280 e. The average molecular weight is 422 g/mol. The zero-order valence-electron chi connectivity index (χ0n) is 15.7. The Morgan fingerprint density at radius 3 is 2.38 bits per heavy atom. The maximum atomic E-state index is 13.0. The predicted molar refractivity (Wildman–Crippen MR) is 103 cm³/mol. The highest BCUT2D eigenvalue weighted by Crippen LogP contribution is 2.41. The zero-order chi connectivity index (χ0) is 21.3. The SMILES string of the molecule is COc1cc([C@H]2Nc3ccccc3C(=O)N2NS(C)(=O)=O)c([N+](=O)[O-])cc1OC. The fraction of sp³-hybridized carbons (Fsp3) is 0.235. The number of amides is 1. The lowest BCUT2D eigenvalue weighted by Gasteiger charge is -2.37. The number of nitrogens with one attached hydrogen (secondary N) is 2. The van der Waals surface area contributed by atoms with E-state index in [1.54, 1.807) is 18.2 Å². The molecule has 0 aromatic heterocycles. The highest BCUT2D eigenvalue weighted by Gasteiger charge is 2.38. The van der Waals surface area contributed by atoms with Gasteiger partial charge in [-0.2, -0.15) is 0 Å². The van der Waals surface area contributed by atoms with Gasteiger partial charge in [0.25, 0.3) is 11.6 Å². The summed E-state index contributed by atoms with van der Waals surface area (Å²) in [6.07, 6.45) is -0.340. The lowest BCUT2D eigenvalue weighted by Crippen LogP contribution is -2.52. The standard InChI is InChI=1S/C17H18N4O7S/c1-27-14-8-11(13(21(23)24)9-15(14)28-2)16-18-12-7-5-4-6-10(12)17(22)20(16)19-29(3,25)26/h4-9,16,18-19H,1-3H3/t16-/m0/s1. The second-order valence-corrected chi connectivity index (χ2v) is 7.88. The molecule has 0 bridgehead atoms. The van der Waals surface area contributed by atoms with Gasteiger partial charge in [-0.1, -0.05) is 12.1 Å². The third-order valence-electron chi connectivity index (χ3n) is 4.22. The summed E-state index contributed by atoms with van der Waals surface area (Å²) in [4.78, 5) is 26.1. The van der Waals surface area contributed by atoms with E-state index in [0.717, 1.165) is 17.3 Å². The third kappa shape index (κ3) is 3.93. The van der Waals surface area contributed by atoms with E-state index in [1.165, 1.54) is 26.4 Å². The molecule has 3 rings (SSSR count). The first-order valence-corrected chi connectivity index (χ1v) is 10.1. The Labute approximate surface area is 166 Å². The van der Waals surface area contributed by atoms with Crippen molar-refractivity contribution < 1.29 is 27.6 Å². The number of anilines is 1.